The van der Waals surface area contributed by atoms with Crippen LogP contribution in [0.25, 0.3) is 0 Å². The number of carbonyl (C=O) groups excluding carboxylic acids is 1. The Hall–Kier alpha value is -1.92. The third-order valence-electron chi connectivity index (χ3n) is 3.57. The van der Waals surface area contributed by atoms with Crippen molar-refractivity contribution in [2.45, 2.75) is 39.2 Å². The maximum absolute atomic E-state index is 12.2. The standard InChI is InChI=1S/C12H18N4O3/c1-6(2)9-13-10(15-14-9)11(17)16-5-4-8(7(16)3)12(18)19/h6-8H,4-5H2,1-3H3,(H,18,19)(H,13,14,15). The van der Waals surface area contributed by atoms with Crippen molar-refractivity contribution >= 4 is 11.9 Å². The molecule has 0 spiro atoms. The van der Waals surface area contributed by atoms with Crippen LogP contribution < -0.4 is 0 Å². The molecular weight excluding hydrogens is 248 g/mol. The summed E-state index contributed by atoms with van der Waals surface area (Å²) in [6.07, 6.45) is 0.476. The van der Waals surface area contributed by atoms with Crippen LogP contribution >= 0.6 is 0 Å². The number of nitrogens with zero attached hydrogens (tertiary/aromatic N) is 3. The van der Waals surface area contributed by atoms with Gasteiger partial charge in [-0.05, 0) is 13.3 Å². The van der Waals surface area contributed by atoms with Gasteiger partial charge >= 0.3 is 5.97 Å². The van der Waals surface area contributed by atoms with Crippen LogP contribution in [0.5, 0.6) is 0 Å². The lowest BCUT2D eigenvalue weighted by Crippen LogP contribution is -2.38. The lowest BCUT2D eigenvalue weighted by atomic mass is 10.0. The highest BCUT2D eigenvalue weighted by Gasteiger charge is 2.39. The largest absolute Gasteiger partial charge is 0.481 e. The van der Waals surface area contributed by atoms with E-state index in [9.17, 15) is 9.59 Å². The van der Waals surface area contributed by atoms with Gasteiger partial charge in [-0.25, -0.2) is 4.98 Å². The van der Waals surface area contributed by atoms with Gasteiger partial charge < -0.3 is 10.0 Å². The Kier molecular flexibility index (Phi) is 3.55. The Morgan fingerprint density at radius 1 is 1.47 bits per heavy atom. The molecule has 7 nitrogen and oxygen atoms in total. The van der Waals surface area contributed by atoms with E-state index in [0.29, 0.717) is 18.8 Å². The van der Waals surface area contributed by atoms with Gasteiger partial charge in [0.25, 0.3) is 5.91 Å². The van der Waals surface area contributed by atoms with E-state index >= 15 is 0 Å². The first-order valence-corrected chi connectivity index (χ1v) is 6.38. The van der Waals surface area contributed by atoms with E-state index in [1.165, 1.54) is 4.90 Å². The molecule has 1 aromatic rings. The van der Waals surface area contributed by atoms with Gasteiger partial charge in [0.1, 0.15) is 5.82 Å². The second-order valence-electron chi connectivity index (χ2n) is 5.17. The van der Waals surface area contributed by atoms with Crippen molar-refractivity contribution in [3.05, 3.63) is 11.6 Å². The monoisotopic (exact) mass is 266 g/mol. The molecule has 1 aliphatic rings. The first kappa shape index (κ1) is 13.5. The Morgan fingerprint density at radius 3 is 2.63 bits per heavy atom. The third kappa shape index (κ3) is 2.45. The molecule has 2 unspecified atom stereocenters. The molecule has 2 heterocycles. The van der Waals surface area contributed by atoms with Crippen LogP contribution in [-0.2, 0) is 4.79 Å². The van der Waals surface area contributed by atoms with Crippen molar-refractivity contribution in [3.8, 4) is 0 Å². The molecule has 0 radical (unpaired) electrons. The molecule has 0 saturated carbocycles. The minimum atomic E-state index is -0.861. The average molecular weight is 266 g/mol. The van der Waals surface area contributed by atoms with Crippen LogP contribution in [0.1, 0.15) is 49.6 Å². The molecule has 1 aliphatic heterocycles. The van der Waals surface area contributed by atoms with Crippen molar-refractivity contribution in [2.75, 3.05) is 6.54 Å². The molecule has 0 aromatic carbocycles. The molecule has 1 fully saturated rings. The number of rotatable bonds is 3. The van der Waals surface area contributed by atoms with E-state index < -0.39 is 11.9 Å². The average Bonchev–Trinajstić information content (AvgIpc) is 2.94. The first-order valence-electron chi connectivity index (χ1n) is 6.38. The second-order valence-corrected chi connectivity index (χ2v) is 5.17. The zero-order valence-corrected chi connectivity index (χ0v) is 11.3. The highest BCUT2D eigenvalue weighted by atomic mass is 16.4. The lowest BCUT2D eigenvalue weighted by molar-refractivity contribution is -0.142. The zero-order chi connectivity index (χ0) is 14.2. The molecule has 2 rings (SSSR count). The van der Waals surface area contributed by atoms with E-state index in [1.807, 2.05) is 13.8 Å². The van der Waals surface area contributed by atoms with Gasteiger partial charge in [0.15, 0.2) is 0 Å². The summed E-state index contributed by atoms with van der Waals surface area (Å²) in [4.78, 5) is 29.0. The number of aliphatic carboxylic acids is 1. The van der Waals surface area contributed by atoms with Crippen LogP contribution in [0.4, 0.5) is 0 Å². The van der Waals surface area contributed by atoms with Gasteiger partial charge in [0, 0.05) is 18.5 Å². The number of aromatic nitrogens is 3. The van der Waals surface area contributed by atoms with Crippen LogP contribution in [-0.4, -0.2) is 49.7 Å². The fourth-order valence-electron chi connectivity index (χ4n) is 2.31. The smallest absolute Gasteiger partial charge is 0.308 e. The van der Waals surface area contributed by atoms with E-state index in [2.05, 4.69) is 15.2 Å². The molecule has 0 aliphatic carbocycles. The Morgan fingerprint density at radius 2 is 2.16 bits per heavy atom. The Balaban J connectivity index is 2.14. The van der Waals surface area contributed by atoms with Gasteiger partial charge in [0.2, 0.25) is 5.82 Å². The van der Waals surface area contributed by atoms with Gasteiger partial charge in [-0.3, -0.25) is 14.7 Å². The molecule has 104 valence electrons. The van der Waals surface area contributed by atoms with Crippen molar-refractivity contribution in [1.82, 2.24) is 20.1 Å². The van der Waals surface area contributed by atoms with Crippen molar-refractivity contribution in [1.29, 1.82) is 0 Å². The number of carboxylic acids is 1. The first-order chi connectivity index (χ1) is 8.91. The number of hydrogen-bond donors (Lipinski definition) is 2. The van der Waals surface area contributed by atoms with Gasteiger partial charge in [-0.2, -0.15) is 0 Å². The minimum absolute atomic E-state index is 0.113. The van der Waals surface area contributed by atoms with Crippen molar-refractivity contribution in [2.24, 2.45) is 5.92 Å². The molecule has 1 amide bonds. The van der Waals surface area contributed by atoms with Crippen molar-refractivity contribution < 1.29 is 14.7 Å². The topological polar surface area (TPSA) is 99.2 Å². The second kappa shape index (κ2) is 4.99. The SMILES string of the molecule is CC(C)c1nc(C(=O)N2CCC(C(=O)O)C2C)n[nH]1. The third-order valence-corrected chi connectivity index (χ3v) is 3.57. The number of aromatic amines is 1. The van der Waals surface area contributed by atoms with Crippen molar-refractivity contribution in [3.63, 3.8) is 0 Å². The predicted molar refractivity (Wildman–Crippen MR) is 66.7 cm³/mol. The van der Waals surface area contributed by atoms with E-state index in [-0.39, 0.29) is 23.7 Å². The summed E-state index contributed by atoms with van der Waals surface area (Å²) in [6.45, 7) is 6.09. The summed E-state index contributed by atoms with van der Waals surface area (Å²) in [5, 5.41) is 15.7. The minimum Gasteiger partial charge on any atom is -0.481 e. The zero-order valence-electron chi connectivity index (χ0n) is 11.3. The molecule has 7 heteroatoms. The summed E-state index contributed by atoms with van der Waals surface area (Å²) in [7, 11) is 0. The van der Waals surface area contributed by atoms with E-state index in [0.717, 1.165) is 0 Å². The van der Waals surface area contributed by atoms with Gasteiger partial charge in [0.05, 0.1) is 5.92 Å². The number of H-pyrrole nitrogens is 1. The molecule has 2 atom stereocenters. The number of likely N-dealkylation sites (tertiary alicyclic amines) is 1. The maximum Gasteiger partial charge on any atom is 0.308 e. The number of nitrogens with one attached hydrogen (secondary N) is 1. The van der Waals surface area contributed by atoms with E-state index in [1.54, 1.807) is 6.92 Å². The fraction of sp³-hybridized carbons (Fsp3) is 0.667. The summed E-state index contributed by atoms with van der Waals surface area (Å²) in [5.41, 5.74) is 0. The molecule has 0 bridgehead atoms. The maximum atomic E-state index is 12.2. The lowest BCUT2D eigenvalue weighted by Gasteiger charge is -2.21. The Labute approximate surface area is 111 Å². The number of carbonyl (C=O) groups is 2. The molecule has 2 N–H and O–H groups in total. The number of hydrogen-bond acceptors (Lipinski definition) is 4. The van der Waals surface area contributed by atoms with Crippen LogP contribution in [0.2, 0.25) is 0 Å². The summed E-state index contributed by atoms with van der Waals surface area (Å²) in [5.74, 6) is -0.740. The summed E-state index contributed by atoms with van der Waals surface area (Å²) < 4.78 is 0. The predicted octanol–water partition coefficient (Wildman–Crippen LogP) is 0.863. The summed E-state index contributed by atoms with van der Waals surface area (Å²) in [6, 6.07) is -0.328. The van der Waals surface area contributed by atoms with Crippen LogP contribution in [0, 0.1) is 5.92 Å². The molecule has 1 aromatic heterocycles. The van der Waals surface area contributed by atoms with Gasteiger partial charge in [-0.15, -0.1) is 5.10 Å². The number of carboxylic acid groups (broad SMARTS) is 1. The van der Waals surface area contributed by atoms with E-state index in [4.69, 9.17) is 5.11 Å². The normalized spacial score (nSPS) is 23.1. The quantitative estimate of drug-likeness (QED) is 0.845. The van der Waals surface area contributed by atoms with Crippen LogP contribution in [0.15, 0.2) is 0 Å². The highest BCUT2D eigenvalue weighted by molar-refractivity contribution is 5.91. The number of amides is 1. The Bertz CT molecular complexity index is 497. The molecular formula is C12H18N4O3. The molecule has 1 saturated heterocycles. The highest BCUT2D eigenvalue weighted by Crippen LogP contribution is 2.25. The molecule has 19 heavy (non-hydrogen) atoms. The van der Waals surface area contributed by atoms with Gasteiger partial charge in [-0.1, -0.05) is 13.8 Å². The summed E-state index contributed by atoms with van der Waals surface area (Å²) >= 11 is 0. The van der Waals surface area contributed by atoms with Crippen LogP contribution in [0.3, 0.4) is 0 Å². The fourth-order valence-corrected chi connectivity index (χ4v) is 2.31.